The lowest BCUT2D eigenvalue weighted by Crippen LogP contribution is -2.39. The predicted molar refractivity (Wildman–Crippen MR) is 68.0 cm³/mol. The second-order valence-electron chi connectivity index (χ2n) is 5.43. The van der Waals surface area contributed by atoms with Gasteiger partial charge in [-0.2, -0.15) is 0 Å². The molecule has 0 heterocycles. The summed E-state index contributed by atoms with van der Waals surface area (Å²) in [5.74, 6) is 0. The van der Waals surface area contributed by atoms with Crippen LogP contribution in [0.1, 0.15) is 47.1 Å². The third-order valence-corrected chi connectivity index (χ3v) is 4.51. The van der Waals surface area contributed by atoms with Crippen molar-refractivity contribution in [1.82, 2.24) is 0 Å². The fraction of sp³-hybridized carbons (Fsp3) is 0.600. The van der Waals surface area contributed by atoms with Gasteiger partial charge in [0, 0.05) is 5.41 Å². The summed E-state index contributed by atoms with van der Waals surface area (Å²) in [4.78, 5) is 0. The maximum Gasteiger partial charge on any atom is 0.0528 e. The van der Waals surface area contributed by atoms with Gasteiger partial charge in [0.25, 0.3) is 0 Å². The van der Waals surface area contributed by atoms with E-state index < -0.39 is 0 Å². The summed E-state index contributed by atoms with van der Waals surface area (Å²) in [6.07, 6.45) is 3.55. The summed E-state index contributed by atoms with van der Waals surface area (Å²) in [6.45, 7) is 9.06. The van der Waals surface area contributed by atoms with Gasteiger partial charge in [0.2, 0.25) is 0 Å². The Labute approximate surface area is 98.5 Å². The first-order valence-corrected chi connectivity index (χ1v) is 6.20. The Bertz CT molecular complexity index is 382. The Hall–Kier alpha value is -0.820. The summed E-state index contributed by atoms with van der Waals surface area (Å²) in [5, 5.41) is 9.72. The summed E-state index contributed by atoms with van der Waals surface area (Å²) in [5.41, 5.74) is 6.99. The van der Waals surface area contributed by atoms with Crippen LogP contribution in [0, 0.1) is 27.7 Å². The van der Waals surface area contributed by atoms with Crippen LogP contribution in [-0.4, -0.2) is 11.7 Å². The summed E-state index contributed by atoms with van der Waals surface area (Å²) in [6, 6.07) is 2.26. The lowest BCUT2D eigenvalue weighted by atomic mass is 9.62. The fourth-order valence-corrected chi connectivity index (χ4v) is 3.10. The molecule has 1 aliphatic rings. The standard InChI is InChI=1S/C15H22O/c1-10-8-11(2)13(4)14(12(10)3)15(9-16)6-5-7-15/h8,16H,5-7,9H2,1-4H3. The number of hydrogen-bond donors (Lipinski definition) is 1. The second-order valence-corrected chi connectivity index (χ2v) is 5.43. The van der Waals surface area contributed by atoms with Gasteiger partial charge in [0.1, 0.15) is 0 Å². The molecule has 0 aromatic heterocycles. The topological polar surface area (TPSA) is 20.2 Å². The number of hydrogen-bond acceptors (Lipinski definition) is 1. The van der Waals surface area contributed by atoms with Gasteiger partial charge in [-0.05, 0) is 68.4 Å². The Morgan fingerprint density at radius 3 is 1.88 bits per heavy atom. The first-order chi connectivity index (χ1) is 7.52. The van der Waals surface area contributed by atoms with Gasteiger partial charge in [-0.15, -0.1) is 0 Å². The van der Waals surface area contributed by atoms with E-state index in [0.29, 0.717) is 6.61 Å². The average Bonchev–Trinajstić information content (AvgIpc) is 2.19. The third kappa shape index (κ3) is 1.49. The molecular formula is C15H22O. The van der Waals surface area contributed by atoms with Crippen molar-refractivity contribution >= 4 is 0 Å². The molecule has 2 rings (SSSR count). The molecule has 0 radical (unpaired) electrons. The van der Waals surface area contributed by atoms with E-state index in [1.54, 1.807) is 0 Å². The molecule has 1 nitrogen and oxygen atoms in total. The van der Waals surface area contributed by atoms with Crippen molar-refractivity contribution in [3.63, 3.8) is 0 Å². The zero-order chi connectivity index (χ0) is 11.9. The largest absolute Gasteiger partial charge is 0.395 e. The van der Waals surface area contributed by atoms with Gasteiger partial charge < -0.3 is 5.11 Å². The highest BCUT2D eigenvalue weighted by Crippen LogP contribution is 2.46. The normalized spacial score (nSPS) is 18.3. The molecule has 1 fully saturated rings. The van der Waals surface area contributed by atoms with Crippen LogP contribution < -0.4 is 0 Å². The van der Waals surface area contributed by atoms with Crippen LogP contribution in [0.2, 0.25) is 0 Å². The molecule has 0 aliphatic heterocycles. The second kappa shape index (κ2) is 3.89. The van der Waals surface area contributed by atoms with Gasteiger partial charge in [-0.3, -0.25) is 0 Å². The maximum absolute atomic E-state index is 9.72. The van der Waals surface area contributed by atoms with Gasteiger partial charge in [-0.25, -0.2) is 0 Å². The van der Waals surface area contributed by atoms with Gasteiger partial charge in [-0.1, -0.05) is 12.5 Å². The Morgan fingerprint density at radius 2 is 1.56 bits per heavy atom. The Balaban J connectivity index is 2.63. The highest BCUT2D eigenvalue weighted by atomic mass is 16.3. The molecule has 1 aromatic carbocycles. The smallest absolute Gasteiger partial charge is 0.0528 e. The number of aliphatic hydroxyl groups excluding tert-OH is 1. The molecule has 1 aliphatic carbocycles. The highest BCUT2D eigenvalue weighted by molar-refractivity contribution is 5.49. The minimum absolute atomic E-state index is 0.0744. The van der Waals surface area contributed by atoms with E-state index in [4.69, 9.17) is 0 Å². The zero-order valence-electron chi connectivity index (χ0n) is 10.9. The molecule has 0 atom stereocenters. The third-order valence-electron chi connectivity index (χ3n) is 4.51. The van der Waals surface area contributed by atoms with Crippen molar-refractivity contribution in [1.29, 1.82) is 0 Å². The number of aliphatic hydroxyl groups is 1. The van der Waals surface area contributed by atoms with Gasteiger partial charge in [0.05, 0.1) is 6.61 Å². The van der Waals surface area contributed by atoms with E-state index in [1.165, 1.54) is 34.2 Å². The predicted octanol–water partition coefficient (Wildman–Crippen LogP) is 3.33. The zero-order valence-corrected chi connectivity index (χ0v) is 10.9. The van der Waals surface area contributed by atoms with Crippen molar-refractivity contribution in [2.45, 2.75) is 52.4 Å². The monoisotopic (exact) mass is 218 g/mol. The molecule has 1 N–H and O–H groups in total. The highest BCUT2D eigenvalue weighted by Gasteiger charge is 2.40. The van der Waals surface area contributed by atoms with Crippen LogP contribution in [0.15, 0.2) is 6.07 Å². The lowest BCUT2D eigenvalue weighted by molar-refractivity contribution is 0.119. The Morgan fingerprint density at radius 1 is 1.06 bits per heavy atom. The summed E-state index contributed by atoms with van der Waals surface area (Å²) < 4.78 is 0. The molecule has 1 aromatic rings. The molecule has 16 heavy (non-hydrogen) atoms. The molecular weight excluding hydrogens is 196 g/mol. The summed E-state index contributed by atoms with van der Waals surface area (Å²) in [7, 11) is 0. The van der Waals surface area contributed by atoms with E-state index in [0.717, 1.165) is 12.8 Å². The molecule has 0 amide bonds. The van der Waals surface area contributed by atoms with Crippen molar-refractivity contribution in [3.05, 3.63) is 33.9 Å². The van der Waals surface area contributed by atoms with Crippen molar-refractivity contribution in [2.24, 2.45) is 0 Å². The average molecular weight is 218 g/mol. The van der Waals surface area contributed by atoms with E-state index in [2.05, 4.69) is 33.8 Å². The van der Waals surface area contributed by atoms with Crippen LogP contribution in [0.5, 0.6) is 0 Å². The minimum Gasteiger partial charge on any atom is -0.395 e. The molecule has 0 unspecified atom stereocenters. The van der Waals surface area contributed by atoms with Gasteiger partial charge >= 0.3 is 0 Å². The first-order valence-electron chi connectivity index (χ1n) is 6.20. The van der Waals surface area contributed by atoms with E-state index in [1.807, 2.05) is 0 Å². The molecule has 0 saturated heterocycles. The summed E-state index contributed by atoms with van der Waals surface area (Å²) >= 11 is 0. The lowest BCUT2D eigenvalue weighted by Gasteiger charge is -2.43. The van der Waals surface area contributed by atoms with Crippen LogP contribution in [-0.2, 0) is 5.41 Å². The van der Waals surface area contributed by atoms with E-state index >= 15 is 0 Å². The van der Waals surface area contributed by atoms with Crippen molar-refractivity contribution in [2.75, 3.05) is 6.61 Å². The minimum atomic E-state index is 0.0744. The van der Waals surface area contributed by atoms with Crippen LogP contribution in [0.3, 0.4) is 0 Å². The molecule has 0 bridgehead atoms. The van der Waals surface area contributed by atoms with Crippen LogP contribution in [0.4, 0.5) is 0 Å². The van der Waals surface area contributed by atoms with Crippen LogP contribution >= 0.6 is 0 Å². The SMILES string of the molecule is Cc1cc(C)c(C)c(C2(CO)CCC2)c1C. The molecule has 1 saturated carbocycles. The Kier molecular flexibility index (Phi) is 2.83. The van der Waals surface area contributed by atoms with Crippen molar-refractivity contribution < 1.29 is 5.11 Å². The quantitative estimate of drug-likeness (QED) is 0.807. The molecule has 0 spiro atoms. The number of benzene rings is 1. The number of rotatable bonds is 2. The van der Waals surface area contributed by atoms with E-state index in [-0.39, 0.29) is 5.41 Å². The first kappa shape index (κ1) is 11.7. The fourth-order valence-electron chi connectivity index (χ4n) is 3.10. The molecule has 1 heteroatoms. The molecule has 88 valence electrons. The van der Waals surface area contributed by atoms with E-state index in [9.17, 15) is 5.11 Å². The van der Waals surface area contributed by atoms with Crippen LogP contribution in [0.25, 0.3) is 0 Å². The van der Waals surface area contributed by atoms with Gasteiger partial charge in [0.15, 0.2) is 0 Å². The maximum atomic E-state index is 9.72. The number of aryl methyl sites for hydroxylation is 2. The van der Waals surface area contributed by atoms with Crippen molar-refractivity contribution in [3.8, 4) is 0 Å².